The zero-order valence-electron chi connectivity index (χ0n) is 25.9. The standard InChI is InChI=1S/C35H44ClN3O4S/c1-34(2,3)43-33(40)39-24-35(19-21-37-22-20-35)31-12-8-7-11-30(31)32(39)18-13-27(26-9-5-4-6-10-26)23-38-25-44(41,42)29-16-14-28(36)15-17-29/h4-12,14-17,27,32,37-38H,13,18-25H2,1-3H3. The Morgan fingerprint density at radius 1 is 1.02 bits per heavy atom. The first kappa shape index (κ1) is 32.5. The van der Waals surface area contributed by atoms with Crippen molar-refractivity contribution in [1.29, 1.82) is 0 Å². The second-order valence-electron chi connectivity index (χ2n) is 13.1. The van der Waals surface area contributed by atoms with Crippen LogP contribution in [0.15, 0.2) is 83.8 Å². The third-order valence-corrected chi connectivity index (χ3v) is 10.7. The summed E-state index contributed by atoms with van der Waals surface area (Å²) < 4.78 is 32.0. The molecule has 2 N–H and O–H groups in total. The van der Waals surface area contributed by atoms with Crippen molar-refractivity contribution in [3.63, 3.8) is 0 Å². The van der Waals surface area contributed by atoms with Gasteiger partial charge in [-0.1, -0.05) is 66.2 Å². The van der Waals surface area contributed by atoms with E-state index in [-0.39, 0.29) is 34.2 Å². The zero-order valence-corrected chi connectivity index (χ0v) is 27.5. The lowest BCUT2D eigenvalue weighted by Crippen LogP contribution is -2.55. The van der Waals surface area contributed by atoms with Crippen LogP contribution >= 0.6 is 11.6 Å². The topological polar surface area (TPSA) is 87.7 Å². The van der Waals surface area contributed by atoms with Crippen LogP contribution in [0.25, 0.3) is 0 Å². The number of carbonyl (C=O) groups is 1. The summed E-state index contributed by atoms with van der Waals surface area (Å²) in [5, 5.41) is 7.21. The number of carbonyl (C=O) groups excluding carboxylic acids is 1. The molecule has 9 heteroatoms. The predicted molar refractivity (Wildman–Crippen MR) is 176 cm³/mol. The molecule has 2 atom stereocenters. The van der Waals surface area contributed by atoms with E-state index >= 15 is 0 Å². The van der Waals surface area contributed by atoms with Gasteiger partial charge < -0.3 is 20.3 Å². The minimum atomic E-state index is -3.53. The van der Waals surface area contributed by atoms with Crippen molar-refractivity contribution in [2.75, 3.05) is 32.1 Å². The van der Waals surface area contributed by atoms with Gasteiger partial charge in [-0.05, 0) is 106 Å². The van der Waals surface area contributed by atoms with E-state index in [1.807, 2.05) is 43.9 Å². The Balaban J connectivity index is 1.39. The molecule has 7 nitrogen and oxygen atoms in total. The van der Waals surface area contributed by atoms with Gasteiger partial charge in [-0.15, -0.1) is 0 Å². The highest BCUT2D eigenvalue weighted by atomic mass is 35.5. The SMILES string of the molecule is CC(C)(C)OC(=O)N1CC2(CCNCC2)c2ccccc2C1CCC(CNCS(=O)(=O)c1ccc(Cl)cc1)c1ccccc1. The monoisotopic (exact) mass is 637 g/mol. The molecule has 1 amide bonds. The number of hydrogen-bond donors (Lipinski definition) is 2. The van der Waals surface area contributed by atoms with Crippen LogP contribution in [0.3, 0.4) is 0 Å². The van der Waals surface area contributed by atoms with Gasteiger partial charge in [-0.2, -0.15) is 0 Å². The maximum atomic E-state index is 13.8. The van der Waals surface area contributed by atoms with E-state index in [2.05, 4.69) is 47.0 Å². The number of hydrogen-bond acceptors (Lipinski definition) is 6. The van der Waals surface area contributed by atoms with Gasteiger partial charge in [0.25, 0.3) is 0 Å². The van der Waals surface area contributed by atoms with Crippen molar-refractivity contribution < 1.29 is 17.9 Å². The number of amides is 1. The van der Waals surface area contributed by atoms with Gasteiger partial charge in [-0.3, -0.25) is 0 Å². The van der Waals surface area contributed by atoms with Crippen LogP contribution in [0.5, 0.6) is 0 Å². The highest BCUT2D eigenvalue weighted by molar-refractivity contribution is 7.91. The van der Waals surface area contributed by atoms with Crippen molar-refractivity contribution in [2.45, 2.75) is 74.3 Å². The zero-order chi connectivity index (χ0) is 31.4. The number of nitrogens with one attached hydrogen (secondary N) is 2. The summed E-state index contributed by atoms with van der Waals surface area (Å²) in [5.74, 6) is -0.135. The lowest BCUT2D eigenvalue weighted by molar-refractivity contribution is 0.00199. The second kappa shape index (κ2) is 13.6. The molecule has 2 heterocycles. The fraction of sp³-hybridized carbons (Fsp3) is 0.457. The van der Waals surface area contributed by atoms with Crippen LogP contribution in [0.1, 0.15) is 75.1 Å². The summed E-state index contributed by atoms with van der Waals surface area (Å²) in [6.45, 7) is 8.67. The Labute approximate surface area is 267 Å². The highest BCUT2D eigenvalue weighted by Gasteiger charge is 2.46. The van der Waals surface area contributed by atoms with Crippen molar-refractivity contribution in [2.24, 2.45) is 0 Å². The molecule has 3 aromatic rings. The maximum Gasteiger partial charge on any atom is 0.410 e. The molecule has 3 aromatic carbocycles. The summed E-state index contributed by atoms with van der Waals surface area (Å²) in [6, 6.07) is 24.9. The van der Waals surface area contributed by atoms with Crippen LogP contribution in [0, 0.1) is 0 Å². The summed E-state index contributed by atoms with van der Waals surface area (Å²) in [6.07, 6.45) is 3.13. The molecule has 236 valence electrons. The summed E-state index contributed by atoms with van der Waals surface area (Å²) in [7, 11) is -3.53. The minimum absolute atomic E-state index is 0.0408. The van der Waals surface area contributed by atoms with Crippen LogP contribution in [0.4, 0.5) is 4.79 Å². The van der Waals surface area contributed by atoms with E-state index in [1.165, 1.54) is 23.3 Å². The molecule has 1 fully saturated rings. The molecule has 0 aliphatic carbocycles. The molecule has 1 spiro atoms. The molecule has 2 aliphatic rings. The normalized spacial score (nSPS) is 18.9. The fourth-order valence-electron chi connectivity index (χ4n) is 6.68. The quantitative estimate of drug-likeness (QED) is 0.267. The smallest absolute Gasteiger partial charge is 0.410 e. The van der Waals surface area contributed by atoms with Gasteiger partial charge in [0.2, 0.25) is 0 Å². The van der Waals surface area contributed by atoms with Gasteiger partial charge in [0.15, 0.2) is 9.84 Å². The molecule has 2 aliphatic heterocycles. The van der Waals surface area contributed by atoms with E-state index in [1.54, 1.807) is 12.1 Å². The molecule has 5 rings (SSSR count). The Morgan fingerprint density at radius 2 is 1.68 bits per heavy atom. The third-order valence-electron chi connectivity index (χ3n) is 8.84. The largest absolute Gasteiger partial charge is 0.444 e. The number of nitrogens with zero attached hydrogens (tertiary/aromatic N) is 1. The van der Waals surface area contributed by atoms with E-state index in [4.69, 9.17) is 16.3 Å². The van der Waals surface area contributed by atoms with Crippen molar-refractivity contribution >= 4 is 27.5 Å². The van der Waals surface area contributed by atoms with Gasteiger partial charge in [0, 0.05) is 23.5 Å². The van der Waals surface area contributed by atoms with Gasteiger partial charge in [0.1, 0.15) is 11.5 Å². The average Bonchev–Trinajstić information content (AvgIpc) is 3.00. The van der Waals surface area contributed by atoms with Gasteiger partial charge in [-0.25, -0.2) is 13.2 Å². The van der Waals surface area contributed by atoms with Crippen LogP contribution in [-0.2, 0) is 20.0 Å². The van der Waals surface area contributed by atoms with Crippen LogP contribution in [-0.4, -0.2) is 57.1 Å². The molecule has 0 radical (unpaired) electrons. The van der Waals surface area contributed by atoms with E-state index in [0.717, 1.165) is 44.3 Å². The Morgan fingerprint density at radius 3 is 2.36 bits per heavy atom. The number of benzene rings is 3. The molecule has 44 heavy (non-hydrogen) atoms. The summed E-state index contributed by atoms with van der Waals surface area (Å²) in [5.41, 5.74) is 2.95. The molecular formula is C35H44ClN3O4S. The summed E-state index contributed by atoms with van der Waals surface area (Å²) in [4.78, 5) is 16.0. The first-order valence-electron chi connectivity index (χ1n) is 15.5. The minimum Gasteiger partial charge on any atom is -0.444 e. The Kier molecular flexibility index (Phi) is 10.0. The first-order chi connectivity index (χ1) is 21.0. The lowest BCUT2D eigenvalue weighted by Gasteiger charge is -2.50. The average molecular weight is 638 g/mol. The summed E-state index contributed by atoms with van der Waals surface area (Å²) >= 11 is 5.96. The molecule has 2 unspecified atom stereocenters. The second-order valence-corrected chi connectivity index (χ2v) is 15.5. The number of ether oxygens (including phenoxy) is 1. The number of halogens is 1. The predicted octanol–water partition coefficient (Wildman–Crippen LogP) is 6.84. The number of sulfone groups is 1. The maximum absolute atomic E-state index is 13.8. The third kappa shape index (κ3) is 7.65. The van der Waals surface area contributed by atoms with E-state index in [9.17, 15) is 13.2 Å². The Bertz CT molecular complexity index is 1520. The number of rotatable bonds is 9. The molecule has 0 bridgehead atoms. The number of fused-ring (bicyclic) bond motifs is 2. The van der Waals surface area contributed by atoms with E-state index in [0.29, 0.717) is 18.1 Å². The molecule has 0 aromatic heterocycles. The van der Waals surface area contributed by atoms with E-state index < -0.39 is 15.4 Å². The highest BCUT2D eigenvalue weighted by Crippen LogP contribution is 2.47. The van der Waals surface area contributed by atoms with Crippen molar-refractivity contribution in [3.8, 4) is 0 Å². The van der Waals surface area contributed by atoms with Crippen LogP contribution < -0.4 is 10.6 Å². The van der Waals surface area contributed by atoms with Crippen LogP contribution in [0.2, 0.25) is 5.02 Å². The lowest BCUT2D eigenvalue weighted by atomic mass is 9.67. The molecule has 1 saturated heterocycles. The van der Waals surface area contributed by atoms with Crippen molar-refractivity contribution in [1.82, 2.24) is 15.5 Å². The van der Waals surface area contributed by atoms with Gasteiger partial charge >= 0.3 is 6.09 Å². The Hall–Kier alpha value is -2.91. The fourth-order valence-corrected chi connectivity index (χ4v) is 7.91. The van der Waals surface area contributed by atoms with Gasteiger partial charge in [0.05, 0.1) is 10.9 Å². The first-order valence-corrected chi connectivity index (χ1v) is 17.5. The molecule has 0 saturated carbocycles. The number of piperidine rings is 1. The van der Waals surface area contributed by atoms with Crippen molar-refractivity contribution in [3.05, 3.63) is 101 Å². The molecular weight excluding hydrogens is 594 g/mol.